The van der Waals surface area contributed by atoms with E-state index in [0.29, 0.717) is 19.4 Å². The number of rotatable bonds is 9. The summed E-state index contributed by atoms with van der Waals surface area (Å²) in [5.41, 5.74) is 7.64. The Morgan fingerprint density at radius 2 is 1.69 bits per heavy atom. The van der Waals surface area contributed by atoms with Gasteiger partial charge in [-0.1, -0.05) is 42.5 Å². The number of nitrogens with zero attached hydrogens (tertiary/aromatic N) is 1. The highest BCUT2D eigenvalue weighted by molar-refractivity contribution is 7.58. The summed E-state index contributed by atoms with van der Waals surface area (Å²) >= 11 is 0. The van der Waals surface area contributed by atoms with Gasteiger partial charge >= 0.3 is 5.97 Å². The number of carbonyl (C=O) groups excluding carboxylic acids is 1. The van der Waals surface area contributed by atoms with Crippen molar-refractivity contribution in [1.82, 2.24) is 4.90 Å². The Morgan fingerprint density at radius 3 is 2.31 bits per heavy atom. The SMILES string of the molecule is N[C@@H](Cc1ccc(O)cc1)C(=O)N1CCC[C@@H]1P(=O)(O)C[C@@H](Cc1ccccc1)C(=O)O. The van der Waals surface area contributed by atoms with Gasteiger partial charge in [-0.2, -0.15) is 0 Å². The summed E-state index contributed by atoms with van der Waals surface area (Å²) in [6, 6.07) is 14.4. The van der Waals surface area contributed by atoms with Gasteiger partial charge in [-0.25, -0.2) is 0 Å². The molecule has 0 spiro atoms. The zero-order chi connectivity index (χ0) is 23.3. The fraction of sp³-hybridized carbons (Fsp3) is 0.391. The van der Waals surface area contributed by atoms with Crippen LogP contribution in [0, 0.1) is 5.92 Å². The maximum Gasteiger partial charge on any atom is 0.307 e. The summed E-state index contributed by atoms with van der Waals surface area (Å²) in [6.45, 7) is 0.313. The number of phenolic OH excluding ortho intramolecular Hbond substituents is 1. The van der Waals surface area contributed by atoms with Crippen LogP contribution in [0.15, 0.2) is 54.6 Å². The zero-order valence-corrected chi connectivity index (χ0v) is 18.6. The van der Waals surface area contributed by atoms with Crippen LogP contribution in [-0.2, 0) is 27.0 Å². The number of aromatic hydroxyl groups is 1. The highest BCUT2D eigenvalue weighted by atomic mass is 31.2. The second kappa shape index (κ2) is 10.3. The number of nitrogens with two attached hydrogens (primary N) is 1. The highest BCUT2D eigenvalue weighted by Gasteiger charge is 2.44. The molecular weight excluding hydrogens is 431 g/mol. The summed E-state index contributed by atoms with van der Waals surface area (Å²) in [7, 11) is -3.99. The number of hydrogen-bond acceptors (Lipinski definition) is 5. The van der Waals surface area contributed by atoms with E-state index in [-0.39, 0.29) is 18.6 Å². The van der Waals surface area contributed by atoms with E-state index in [4.69, 9.17) is 5.73 Å². The summed E-state index contributed by atoms with van der Waals surface area (Å²) in [5, 5.41) is 19.0. The molecule has 2 aromatic rings. The molecule has 0 saturated carbocycles. The Hall–Kier alpha value is -2.67. The summed E-state index contributed by atoms with van der Waals surface area (Å²) in [4.78, 5) is 37.0. The van der Waals surface area contributed by atoms with Crippen molar-refractivity contribution < 1.29 is 29.3 Å². The number of carboxylic acid groups (broad SMARTS) is 1. The zero-order valence-electron chi connectivity index (χ0n) is 17.7. The average Bonchev–Trinajstić information content (AvgIpc) is 3.26. The topological polar surface area (TPSA) is 141 Å². The standard InChI is InChI=1S/C23H29N2O6P/c24-20(14-17-8-10-19(26)11-9-17)22(27)25-12-4-7-21(25)32(30,31)15-18(23(28)29)13-16-5-2-1-3-6-16/h1-3,5-6,8-11,18,20-21,26H,4,7,12-15,24H2,(H,28,29)(H,30,31)/t18-,20+,21+/m1/s1. The minimum atomic E-state index is -3.99. The number of likely N-dealkylation sites (tertiary alicyclic amines) is 1. The number of phenols is 1. The van der Waals surface area contributed by atoms with E-state index in [1.54, 1.807) is 36.4 Å². The summed E-state index contributed by atoms with van der Waals surface area (Å²) < 4.78 is 13.3. The van der Waals surface area contributed by atoms with Gasteiger partial charge in [-0.15, -0.1) is 0 Å². The molecule has 172 valence electrons. The maximum absolute atomic E-state index is 13.3. The van der Waals surface area contributed by atoms with Crippen LogP contribution >= 0.6 is 7.37 Å². The van der Waals surface area contributed by atoms with Crippen molar-refractivity contribution in [3.8, 4) is 5.75 Å². The quantitative estimate of drug-likeness (QED) is 0.421. The lowest BCUT2D eigenvalue weighted by molar-refractivity contribution is -0.141. The molecule has 1 unspecified atom stereocenters. The summed E-state index contributed by atoms with van der Waals surface area (Å²) in [6.07, 6.45) is 0.858. The monoisotopic (exact) mass is 460 g/mol. The Balaban J connectivity index is 1.70. The molecule has 0 bridgehead atoms. The predicted octanol–water partition coefficient (Wildman–Crippen LogP) is 2.42. The molecule has 32 heavy (non-hydrogen) atoms. The number of carboxylic acids is 1. The Morgan fingerprint density at radius 1 is 1.06 bits per heavy atom. The lowest BCUT2D eigenvalue weighted by Gasteiger charge is -2.31. The first-order valence-corrected chi connectivity index (χ1v) is 12.5. The van der Waals surface area contributed by atoms with Crippen LogP contribution in [0.5, 0.6) is 5.75 Å². The van der Waals surface area contributed by atoms with Crippen LogP contribution in [0.2, 0.25) is 0 Å². The van der Waals surface area contributed by atoms with Gasteiger partial charge in [-0.3, -0.25) is 14.2 Å². The van der Waals surface area contributed by atoms with E-state index in [9.17, 15) is 29.3 Å². The summed E-state index contributed by atoms with van der Waals surface area (Å²) in [5.74, 6) is -3.42. The van der Waals surface area contributed by atoms with Gasteiger partial charge in [0.25, 0.3) is 0 Å². The molecule has 0 aliphatic carbocycles. The van der Waals surface area contributed by atoms with Crippen molar-refractivity contribution in [3.63, 3.8) is 0 Å². The van der Waals surface area contributed by atoms with Crippen LogP contribution in [-0.4, -0.2) is 56.4 Å². The number of amides is 1. The molecule has 2 aromatic carbocycles. The van der Waals surface area contributed by atoms with Gasteiger partial charge in [0.1, 0.15) is 11.5 Å². The van der Waals surface area contributed by atoms with Crippen LogP contribution in [0.4, 0.5) is 0 Å². The largest absolute Gasteiger partial charge is 0.508 e. The number of aliphatic carboxylic acids is 1. The van der Waals surface area contributed by atoms with Crippen molar-refractivity contribution >= 4 is 19.2 Å². The van der Waals surface area contributed by atoms with Gasteiger partial charge in [0, 0.05) is 12.7 Å². The van der Waals surface area contributed by atoms with E-state index < -0.39 is 43.1 Å². The van der Waals surface area contributed by atoms with Gasteiger partial charge < -0.3 is 25.7 Å². The van der Waals surface area contributed by atoms with Gasteiger partial charge in [0.15, 0.2) is 0 Å². The molecule has 1 aliphatic rings. The smallest absolute Gasteiger partial charge is 0.307 e. The third-order valence-corrected chi connectivity index (χ3v) is 8.27. The molecule has 1 heterocycles. The molecule has 4 atom stereocenters. The lowest BCUT2D eigenvalue weighted by Crippen LogP contribution is -2.47. The number of benzene rings is 2. The first-order valence-electron chi connectivity index (χ1n) is 10.6. The molecule has 3 rings (SSSR count). The fourth-order valence-corrected chi connectivity index (χ4v) is 6.59. The Kier molecular flexibility index (Phi) is 7.72. The number of carbonyl (C=O) groups is 2. The lowest BCUT2D eigenvalue weighted by atomic mass is 10.0. The van der Waals surface area contributed by atoms with E-state index in [0.717, 1.165) is 11.1 Å². The van der Waals surface area contributed by atoms with Gasteiger partial charge in [-0.05, 0) is 48.9 Å². The Bertz CT molecular complexity index is 982. The highest BCUT2D eigenvalue weighted by Crippen LogP contribution is 2.53. The fourth-order valence-electron chi connectivity index (χ4n) is 4.18. The molecule has 0 radical (unpaired) electrons. The van der Waals surface area contributed by atoms with E-state index in [1.165, 1.54) is 17.0 Å². The van der Waals surface area contributed by atoms with Crippen molar-refractivity contribution in [2.75, 3.05) is 12.7 Å². The maximum atomic E-state index is 13.3. The first kappa shape index (κ1) is 24.0. The normalized spacial score (nSPS) is 19.8. The van der Waals surface area contributed by atoms with Crippen molar-refractivity contribution in [1.29, 1.82) is 0 Å². The van der Waals surface area contributed by atoms with Crippen molar-refractivity contribution in [2.24, 2.45) is 11.7 Å². The molecule has 1 saturated heterocycles. The van der Waals surface area contributed by atoms with Crippen molar-refractivity contribution in [3.05, 3.63) is 65.7 Å². The van der Waals surface area contributed by atoms with Gasteiger partial charge in [0.2, 0.25) is 13.3 Å². The van der Waals surface area contributed by atoms with Crippen LogP contribution < -0.4 is 5.73 Å². The van der Waals surface area contributed by atoms with E-state index >= 15 is 0 Å². The van der Waals surface area contributed by atoms with Gasteiger partial charge in [0.05, 0.1) is 12.0 Å². The molecule has 1 fully saturated rings. The van der Waals surface area contributed by atoms with E-state index in [2.05, 4.69) is 0 Å². The molecular formula is C23H29N2O6P. The Labute approximate surface area is 187 Å². The molecule has 9 heteroatoms. The molecule has 0 aromatic heterocycles. The number of hydrogen-bond donors (Lipinski definition) is 4. The molecule has 1 aliphatic heterocycles. The molecule has 5 N–H and O–H groups in total. The molecule has 1 amide bonds. The van der Waals surface area contributed by atoms with Crippen LogP contribution in [0.1, 0.15) is 24.0 Å². The predicted molar refractivity (Wildman–Crippen MR) is 120 cm³/mol. The van der Waals surface area contributed by atoms with E-state index in [1.807, 2.05) is 6.07 Å². The minimum absolute atomic E-state index is 0.109. The second-order valence-electron chi connectivity index (χ2n) is 8.29. The van der Waals surface area contributed by atoms with Crippen LogP contribution in [0.3, 0.4) is 0 Å². The minimum Gasteiger partial charge on any atom is -0.508 e. The molecule has 8 nitrogen and oxygen atoms in total. The second-order valence-corrected chi connectivity index (χ2v) is 10.8. The third kappa shape index (κ3) is 5.97. The van der Waals surface area contributed by atoms with Crippen molar-refractivity contribution in [2.45, 2.75) is 37.5 Å². The first-order chi connectivity index (χ1) is 15.2. The van der Waals surface area contributed by atoms with Crippen LogP contribution in [0.25, 0.3) is 0 Å². The average molecular weight is 460 g/mol. The third-order valence-electron chi connectivity index (χ3n) is 5.84.